The zero-order valence-corrected chi connectivity index (χ0v) is 11.3. The van der Waals surface area contributed by atoms with Gasteiger partial charge in [-0.05, 0) is 31.0 Å². The third-order valence-corrected chi connectivity index (χ3v) is 2.79. The quantitative estimate of drug-likeness (QED) is 0.726. The molecule has 0 amide bonds. The number of para-hydroxylation sites is 1. The summed E-state index contributed by atoms with van der Waals surface area (Å²) >= 11 is 0. The van der Waals surface area contributed by atoms with E-state index in [9.17, 15) is 0 Å². The molecular formula is C18H19N. The minimum absolute atomic E-state index is 0.879. The van der Waals surface area contributed by atoms with Crippen molar-refractivity contribution < 1.29 is 0 Å². The number of nitrogens with one attached hydrogen (secondary N) is 1. The van der Waals surface area contributed by atoms with Crippen molar-refractivity contribution in [2.45, 2.75) is 13.3 Å². The molecule has 19 heavy (non-hydrogen) atoms. The monoisotopic (exact) mass is 249 g/mol. The van der Waals surface area contributed by atoms with Gasteiger partial charge < -0.3 is 5.32 Å². The maximum atomic E-state index is 3.96. The van der Waals surface area contributed by atoms with Crippen molar-refractivity contribution in [1.82, 2.24) is 0 Å². The summed E-state index contributed by atoms with van der Waals surface area (Å²) in [4.78, 5) is 0. The lowest BCUT2D eigenvalue weighted by atomic mass is 10.1. The first kappa shape index (κ1) is 13.2. The van der Waals surface area contributed by atoms with Gasteiger partial charge in [0.25, 0.3) is 0 Å². The summed E-state index contributed by atoms with van der Waals surface area (Å²) in [5.74, 6) is 0. The number of benzene rings is 2. The van der Waals surface area contributed by atoms with E-state index in [-0.39, 0.29) is 0 Å². The fourth-order valence-corrected chi connectivity index (χ4v) is 1.81. The summed E-state index contributed by atoms with van der Waals surface area (Å²) in [5, 5.41) is 3.47. The summed E-state index contributed by atoms with van der Waals surface area (Å²) in [6, 6.07) is 20.6. The SMILES string of the molecule is C=C(C)C/C=C(\Nc1ccccc1)c1ccccc1. The Kier molecular flexibility index (Phi) is 4.57. The van der Waals surface area contributed by atoms with Crippen molar-refractivity contribution in [1.29, 1.82) is 0 Å². The van der Waals surface area contributed by atoms with Crippen molar-refractivity contribution in [3.8, 4) is 0 Å². The van der Waals surface area contributed by atoms with Crippen molar-refractivity contribution in [2.75, 3.05) is 5.32 Å². The number of anilines is 1. The lowest BCUT2D eigenvalue weighted by molar-refractivity contribution is 1.22. The van der Waals surface area contributed by atoms with E-state index in [0.29, 0.717) is 0 Å². The van der Waals surface area contributed by atoms with E-state index in [1.165, 1.54) is 5.56 Å². The molecule has 1 nitrogen and oxygen atoms in total. The molecule has 0 saturated carbocycles. The Hall–Kier alpha value is -2.28. The molecule has 0 spiro atoms. The predicted molar refractivity (Wildman–Crippen MR) is 83.9 cm³/mol. The number of hydrogen-bond donors (Lipinski definition) is 1. The van der Waals surface area contributed by atoms with Crippen LogP contribution in [0.25, 0.3) is 5.70 Å². The van der Waals surface area contributed by atoms with E-state index in [0.717, 1.165) is 23.4 Å². The molecule has 0 aromatic heterocycles. The van der Waals surface area contributed by atoms with Gasteiger partial charge in [0.1, 0.15) is 0 Å². The Bertz CT molecular complexity index is 553. The van der Waals surface area contributed by atoms with E-state index in [1.807, 2.05) is 31.2 Å². The standard InChI is InChI=1S/C18H19N/c1-15(2)13-14-18(16-9-5-3-6-10-16)19-17-11-7-4-8-12-17/h3-12,14,19H,1,13H2,2H3/b18-14-. The molecule has 0 aliphatic carbocycles. The Balaban J connectivity index is 2.25. The molecule has 0 heterocycles. The fourth-order valence-electron chi connectivity index (χ4n) is 1.81. The molecule has 0 saturated heterocycles. The van der Waals surface area contributed by atoms with E-state index in [2.05, 4.69) is 54.4 Å². The summed E-state index contributed by atoms with van der Waals surface area (Å²) in [7, 11) is 0. The van der Waals surface area contributed by atoms with Crippen molar-refractivity contribution >= 4 is 11.4 Å². The molecule has 0 fully saturated rings. The minimum atomic E-state index is 0.879. The van der Waals surface area contributed by atoms with Gasteiger partial charge >= 0.3 is 0 Å². The molecule has 2 aromatic rings. The van der Waals surface area contributed by atoms with Crippen molar-refractivity contribution in [3.63, 3.8) is 0 Å². The van der Waals surface area contributed by atoms with E-state index in [4.69, 9.17) is 0 Å². The topological polar surface area (TPSA) is 12.0 Å². The van der Waals surface area contributed by atoms with Gasteiger partial charge in [0.2, 0.25) is 0 Å². The smallest absolute Gasteiger partial charge is 0.0420 e. The van der Waals surface area contributed by atoms with Crippen LogP contribution < -0.4 is 5.32 Å². The van der Waals surface area contributed by atoms with Gasteiger partial charge in [-0.3, -0.25) is 0 Å². The highest BCUT2D eigenvalue weighted by atomic mass is 14.9. The number of allylic oxidation sites excluding steroid dienone is 2. The lowest BCUT2D eigenvalue weighted by Crippen LogP contribution is -1.98. The van der Waals surface area contributed by atoms with Gasteiger partial charge in [-0.2, -0.15) is 0 Å². The minimum Gasteiger partial charge on any atom is -0.355 e. The van der Waals surface area contributed by atoms with Crippen LogP contribution in [0.15, 0.2) is 78.9 Å². The van der Waals surface area contributed by atoms with Crippen molar-refractivity contribution in [3.05, 3.63) is 84.5 Å². The molecule has 96 valence electrons. The Morgan fingerprint density at radius 1 is 1.00 bits per heavy atom. The van der Waals surface area contributed by atoms with Crippen molar-refractivity contribution in [2.24, 2.45) is 0 Å². The predicted octanol–water partition coefficient (Wildman–Crippen LogP) is 5.11. The maximum Gasteiger partial charge on any atom is 0.0420 e. The van der Waals surface area contributed by atoms with E-state index >= 15 is 0 Å². The molecule has 2 aromatic carbocycles. The highest BCUT2D eigenvalue weighted by Gasteiger charge is 2.01. The Labute approximate surface area is 115 Å². The number of rotatable bonds is 5. The van der Waals surface area contributed by atoms with Crippen LogP contribution >= 0.6 is 0 Å². The molecule has 0 aliphatic rings. The zero-order chi connectivity index (χ0) is 13.5. The molecule has 0 radical (unpaired) electrons. The van der Waals surface area contributed by atoms with E-state index in [1.54, 1.807) is 0 Å². The zero-order valence-electron chi connectivity index (χ0n) is 11.3. The Morgan fingerprint density at radius 3 is 2.16 bits per heavy atom. The third-order valence-electron chi connectivity index (χ3n) is 2.79. The van der Waals surface area contributed by atoms with Crippen LogP contribution in [0.1, 0.15) is 18.9 Å². The summed E-state index contributed by atoms with van der Waals surface area (Å²) in [6.45, 7) is 6.00. The average molecular weight is 249 g/mol. The molecule has 0 unspecified atom stereocenters. The van der Waals surface area contributed by atoms with Gasteiger partial charge in [-0.1, -0.05) is 66.8 Å². The normalized spacial score (nSPS) is 11.1. The van der Waals surface area contributed by atoms with Crippen LogP contribution in [0, 0.1) is 0 Å². The van der Waals surface area contributed by atoms with Crippen LogP contribution in [-0.4, -0.2) is 0 Å². The fraction of sp³-hybridized carbons (Fsp3) is 0.111. The Morgan fingerprint density at radius 2 is 1.58 bits per heavy atom. The third kappa shape index (κ3) is 4.14. The molecular weight excluding hydrogens is 230 g/mol. The largest absolute Gasteiger partial charge is 0.355 e. The highest BCUT2D eigenvalue weighted by Crippen LogP contribution is 2.19. The van der Waals surface area contributed by atoms with E-state index < -0.39 is 0 Å². The second-order valence-electron chi connectivity index (χ2n) is 4.64. The lowest BCUT2D eigenvalue weighted by Gasteiger charge is -2.12. The highest BCUT2D eigenvalue weighted by molar-refractivity contribution is 5.76. The van der Waals surface area contributed by atoms with Gasteiger partial charge in [0, 0.05) is 11.4 Å². The summed E-state index contributed by atoms with van der Waals surface area (Å²) in [6.07, 6.45) is 3.06. The first-order valence-electron chi connectivity index (χ1n) is 6.48. The average Bonchev–Trinajstić information content (AvgIpc) is 2.45. The van der Waals surface area contributed by atoms with Crippen LogP contribution in [0.5, 0.6) is 0 Å². The molecule has 1 N–H and O–H groups in total. The molecule has 1 heteroatoms. The molecule has 0 aliphatic heterocycles. The van der Waals surface area contributed by atoms with Gasteiger partial charge in [-0.25, -0.2) is 0 Å². The van der Waals surface area contributed by atoms with Crippen LogP contribution in [0.4, 0.5) is 5.69 Å². The first-order valence-corrected chi connectivity index (χ1v) is 6.48. The summed E-state index contributed by atoms with van der Waals surface area (Å²) in [5.41, 5.74) is 4.56. The molecule has 2 rings (SSSR count). The van der Waals surface area contributed by atoms with Crippen LogP contribution in [0.2, 0.25) is 0 Å². The van der Waals surface area contributed by atoms with Gasteiger partial charge in [-0.15, -0.1) is 0 Å². The van der Waals surface area contributed by atoms with Gasteiger partial charge in [0.15, 0.2) is 0 Å². The molecule has 0 bridgehead atoms. The second-order valence-corrected chi connectivity index (χ2v) is 4.64. The summed E-state index contributed by atoms with van der Waals surface area (Å²) < 4.78 is 0. The molecule has 0 atom stereocenters. The van der Waals surface area contributed by atoms with Crippen LogP contribution in [-0.2, 0) is 0 Å². The van der Waals surface area contributed by atoms with Crippen LogP contribution in [0.3, 0.4) is 0 Å². The van der Waals surface area contributed by atoms with Gasteiger partial charge in [0.05, 0.1) is 0 Å². The first-order chi connectivity index (χ1) is 9.25. The maximum absolute atomic E-state index is 3.96. The number of hydrogen-bond acceptors (Lipinski definition) is 1. The second kappa shape index (κ2) is 6.60.